The summed E-state index contributed by atoms with van der Waals surface area (Å²) in [7, 11) is 0. The molecule has 0 saturated carbocycles. The van der Waals surface area contributed by atoms with Crippen molar-refractivity contribution >= 4 is 29.1 Å². The number of halogens is 1. The molecule has 1 N–H and O–H groups in total. The maximum absolute atomic E-state index is 12.6. The molecule has 2 amide bonds. The van der Waals surface area contributed by atoms with Crippen molar-refractivity contribution < 1.29 is 9.59 Å². The molecule has 0 radical (unpaired) electrons. The molecule has 0 bridgehead atoms. The predicted octanol–water partition coefficient (Wildman–Crippen LogP) is 3.10. The van der Waals surface area contributed by atoms with Crippen molar-refractivity contribution in [3.8, 4) is 0 Å². The summed E-state index contributed by atoms with van der Waals surface area (Å²) in [5.74, 6) is 0.747. The summed E-state index contributed by atoms with van der Waals surface area (Å²) in [5.41, 5.74) is 1.73. The Hall–Kier alpha value is -2.51. The van der Waals surface area contributed by atoms with Crippen LogP contribution in [0, 0.1) is 6.92 Å². The average Bonchev–Trinajstić information content (AvgIpc) is 3.41. The van der Waals surface area contributed by atoms with Crippen molar-refractivity contribution in [2.45, 2.75) is 32.1 Å². The number of aryl methyl sites for hydroxylation is 1. The van der Waals surface area contributed by atoms with Gasteiger partial charge in [-0.05, 0) is 63.5 Å². The van der Waals surface area contributed by atoms with Crippen molar-refractivity contribution in [2.24, 2.45) is 0 Å². The van der Waals surface area contributed by atoms with Crippen molar-refractivity contribution in [1.82, 2.24) is 19.8 Å². The summed E-state index contributed by atoms with van der Waals surface area (Å²) in [4.78, 5) is 38.3. The fourth-order valence-corrected chi connectivity index (χ4v) is 4.19. The number of likely N-dealkylation sites (tertiary alicyclic amines) is 2. The lowest BCUT2D eigenvalue weighted by Crippen LogP contribution is -2.38. The van der Waals surface area contributed by atoms with E-state index in [0.717, 1.165) is 26.1 Å². The van der Waals surface area contributed by atoms with Crippen LogP contribution in [0.5, 0.6) is 0 Å². The summed E-state index contributed by atoms with van der Waals surface area (Å²) in [6, 6.07) is 6.94. The molecule has 2 saturated heterocycles. The van der Waals surface area contributed by atoms with Crippen molar-refractivity contribution in [2.75, 3.05) is 38.0 Å². The van der Waals surface area contributed by atoms with Crippen LogP contribution in [0.15, 0.2) is 30.5 Å². The Balaban J connectivity index is 1.37. The highest BCUT2D eigenvalue weighted by molar-refractivity contribution is 6.30. The van der Waals surface area contributed by atoms with Crippen LogP contribution in [0.1, 0.15) is 47.1 Å². The fraction of sp³-hybridized carbons (Fsp3) is 0.455. The van der Waals surface area contributed by atoms with Gasteiger partial charge in [-0.3, -0.25) is 14.5 Å². The third-order valence-electron chi connectivity index (χ3n) is 5.81. The molecule has 30 heavy (non-hydrogen) atoms. The van der Waals surface area contributed by atoms with Crippen LogP contribution in [0.2, 0.25) is 5.02 Å². The number of amides is 2. The van der Waals surface area contributed by atoms with E-state index in [-0.39, 0.29) is 17.7 Å². The highest BCUT2D eigenvalue weighted by atomic mass is 35.5. The first-order valence-electron chi connectivity index (χ1n) is 10.4. The van der Waals surface area contributed by atoms with Gasteiger partial charge in [-0.25, -0.2) is 9.97 Å². The summed E-state index contributed by atoms with van der Waals surface area (Å²) in [5, 5.41) is 3.45. The molecule has 0 aliphatic carbocycles. The first-order valence-corrected chi connectivity index (χ1v) is 10.8. The van der Waals surface area contributed by atoms with E-state index in [4.69, 9.17) is 11.6 Å². The standard InChI is InChI=1S/C22H26ClN5O2/c1-15-19(22(30)26-18-6-4-17(23)5-7-18)12-24-21(25-15)16-8-11-28(13-16)20(29)14-27-9-2-3-10-27/h4-7,12,16H,2-3,8-11,13-14H2,1H3,(H,26,30). The van der Waals surface area contributed by atoms with Gasteiger partial charge in [0.2, 0.25) is 5.91 Å². The van der Waals surface area contributed by atoms with Gasteiger partial charge in [0.15, 0.2) is 0 Å². The number of nitrogens with one attached hydrogen (secondary N) is 1. The van der Waals surface area contributed by atoms with E-state index in [0.29, 0.717) is 40.9 Å². The van der Waals surface area contributed by atoms with Crippen molar-refractivity contribution in [3.63, 3.8) is 0 Å². The highest BCUT2D eigenvalue weighted by Gasteiger charge is 2.30. The van der Waals surface area contributed by atoms with Crippen molar-refractivity contribution in [3.05, 3.63) is 52.6 Å². The van der Waals surface area contributed by atoms with Crippen LogP contribution in [0.4, 0.5) is 5.69 Å². The van der Waals surface area contributed by atoms with Gasteiger partial charge in [0.05, 0.1) is 17.8 Å². The summed E-state index contributed by atoms with van der Waals surface area (Å²) < 4.78 is 0. The third-order valence-corrected chi connectivity index (χ3v) is 6.06. The van der Waals surface area contributed by atoms with Crippen LogP contribution in [-0.4, -0.2) is 64.3 Å². The number of carbonyl (C=O) groups excluding carboxylic acids is 2. The second kappa shape index (κ2) is 9.10. The van der Waals surface area contributed by atoms with Gasteiger partial charge in [-0.1, -0.05) is 11.6 Å². The maximum atomic E-state index is 12.6. The molecular weight excluding hydrogens is 402 g/mol. The van der Waals surface area contributed by atoms with Gasteiger partial charge < -0.3 is 10.2 Å². The van der Waals surface area contributed by atoms with Gasteiger partial charge in [0.25, 0.3) is 5.91 Å². The molecule has 3 heterocycles. The number of rotatable bonds is 5. The Morgan fingerprint density at radius 3 is 2.60 bits per heavy atom. The molecule has 2 aromatic rings. The van der Waals surface area contributed by atoms with E-state index < -0.39 is 0 Å². The van der Waals surface area contributed by atoms with Crippen LogP contribution in [0.3, 0.4) is 0 Å². The third kappa shape index (κ3) is 4.79. The lowest BCUT2D eigenvalue weighted by molar-refractivity contribution is -0.131. The second-order valence-electron chi connectivity index (χ2n) is 8.00. The first-order chi connectivity index (χ1) is 14.5. The zero-order chi connectivity index (χ0) is 21.1. The van der Waals surface area contributed by atoms with E-state index in [1.54, 1.807) is 30.5 Å². The molecule has 8 heteroatoms. The predicted molar refractivity (Wildman–Crippen MR) is 116 cm³/mol. The topological polar surface area (TPSA) is 78.4 Å². The minimum atomic E-state index is -0.254. The molecule has 1 aromatic heterocycles. The lowest BCUT2D eigenvalue weighted by atomic mass is 10.1. The number of nitrogens with zero attached hydrogens (tertiary/aromatic N) is 4. The Morgan fingerprint density at radius 2 is 1.90 bits per heavy atom. The molecule has 2 fully saturated rings. The molecule has 2 aliphatic heterocycles. The number of aromatic nitrogens is 2. The van der Waals surface area contributed by atoms with E-state index in [2.05, 4.69) is 20.2 Å². The number of hydrogen-bond acceptors (Lipinski definition) is 5. The Kier molecular flexibility index (Phi) is 6.29. The Morgan fingerprint density at radius 1 is 1.17 bits per heavy atom. The molecule has 2 aliphatic rings. The van der Waals surface area contributed by atoms with Gasteiger partial charge in [-0.15, -0.1) is 0 Å². The highest BCUT2D eigenvalue weighted by Crippen LogP contribution is 2.26. The van der Waals surface area contributed by atoms with Crippen molar-refractivity contribution in [1.29, 1.82) is 0 Å². The number of hydrogen-bond donors (Lipinski definition) is 1. The lowest BCUT2D eigenvalue weighted by Gasteiger charge is -2.20. The summed E-state index contributed by atoms with van der Waals surface area (Å²) in [6.07, 6.45) is 4.79. The van der Waals surface area contributed by atoms with Crippen LogP contribution in [0.25, 0.3) is 0 Å². The molecule has 1 aromatic carbocycles. The summed E-state index contributed by atoms with van der Waals surface area (Å²) in [6.45, 7) is 5.74. The molecule has 1 atom stereocenters. The number of benzene rings is 1. The van der Waals surface area contributed by atoms with E-state index in [9.17, 15) is 9.59 Å². The average molecular weight is 428 g/mol. The van der Waals surface area contributed by atoms with Gasteiger partial charge in [0, 0.05) is 35.9 Å². The van der Waals surface area contributed by atoms with E-state index in [1.807, 2.05) is 11.8 Å². The normalized spacial score (nSPS) is 19.3. The Bertz CT molecular complexity index is 928. The van der Waals surface area contributed by atoms with Gasteiger partial charge in [-0.2, -0.15) is 0 Å². The van der Waals surface area contributed by atoms with Gasteiger partial charge in [0.1, 0.15) is 5.82 Å². The zero-order valence-corrected chi connectivity index (χ0v) is 17.9. The largest absolute Gasteiger partial charge is 0.341 e. The molecule has 7 nitrogen and oxygen atoms in total. The van der Waals surface area contributed by atoms with Gasteiger partial charge >= 0.3 is 0 Å². The number of anilines is 1. The molecule has 1 unspecified atom stereocenters. The maximum Gasteiger partial charge on any atom is 0.259 e. The molecule has 0 spiro atoms. The molecule has 158 valence electrons. The van der Waals surface area contributed by atoms with Crippen LogP contribution in [-0.2, 0) is 4.79 Å². The Labute approximate surface area is 181 Å². The molecule has 4 rings (SSSR count). The second-order valence-corrected chi connectivity index (χ2v) is 8.43. The molecular formula is C22H26ClN5O2. The van der Waals surface area contributed by atoms with Crippen LogP contribution < -0.4 is 5.32 Å². The minimum absolute atomic E-state index is 0.111. The SMILES string of the molecule is Cc1nc(C2CCN(C(=O)CN3CCCC3)C2)ncc1C(=O)Nc1ccc(Cl)cc1. The zero-order valence-electron chi connectivity index (χ0n) is 17.1. The quantitative estimate of drug-likeness (QED) is 0.793. The van der Waals surface area contributed by atoms with E-state index >= 15 is 0 Å². The minimum Gasteiger partial charge on any atom is -0.341 e. The summed E-state index contributed by atoms with van der Waals surface area (Å²) >= 11 is 5.88. The monoisotopic (exact) mass is 427 g/mol. The number of carbonyl (C=O) groups is 2. The van der Waals surface area contributed by atoms with E-state index in [1.165, 1.54) is 12.8 Å². The smallest absolute Gasteiger partial charge is 0.259 e. The fourth-order valence-electron chi connectivity index (χ4n) is 4.07. The first kappa shape index (κ1) is 20.8. The van der Waals surface area contributed by atoms with Crippen LogP contribution >= 0.6 is 11.6 Å².